The van der Waals surface area contributed by atoms with Crippen LogP contribution in [0.2, 0.25) is 5.02 Å². The molecule has 0 spiro atoms. The van der Waals surface area contributed by atoms with Gasteiger partial charge in [-0.2, -0.15) is 0 Å². The lowest BCUT2D eigenvalue weighted by atomic mass is 10.0. The quantitative estimate of drug-likeness (QED) is 0.675. The molecular formula is C18H13ClN2O4S. The van der Waals surface area contributed by atoms with Gasteiger partial charge in [0, 0.05) is 10.9 Å². The number of aromatic nitrogens is 1. The Labute approximate surface area is 158 Å². The molecule has 3 aromatic rings. The number of carbonyl (C=O) groups excluding carboxylic acids is 1. The summed E-state index contributed by atoms with van der Waals surface area (Å²) < 4.78 is 5.14. The van der Waals surface area contributed by atoms with Crippen molar-refractivity contribution in [2.45, 2.75) is 0 Å². The van der Waals surface area contributed by atoms with Crippen molar-refractivity contribution in [1.29, 1.82) is 0 Å². The summed E-state index contributed by atoms with van der Waals surface area (Å²) in [6.07, 6.45) is 0. The van der Waals surface area contributed by atoms with Gasteiger partial charge in [0.15, 0.2) is 10.8 Å². The van der Waals surface area contributed by atoms with E-state index in [4.69, 9.17) is 21.4 Å². The summed E-state index contributed by atoms with van der Waals surface area (Å²) >= 11 is 7.46. The van der Waals surface area contributed by atoms with E-state index in [-0.39, 0.29) is 16.4 Å². The van der Waals surface area contributed by atoms with Gasteiger partial charge in [0.25, 0.3) is 5.91 Å². The van der Waals surface area contributed by atoms with Crippen LogP contribution in [0.1, 0.15) is 20.8 Å². The molecule has 0 aliphatic carbocycles. The van der Waals surface area contributed by atoms with Gasteiger partial charge in [0.2, 0.25) is 0 Å². The summed E-state index contributed by atoms with van der Waals surface area (Å²) in [5.74, 6) is -0.894. The number of hydrogen-bond donors (Lipinski definition) is 2. The van der Waals surface area contributed by atoms with Gasteiger partial charge < -0.3 is 9.84 Å². The van der Waals surface area contributed by atoms with Crippen LogP contribution in [0, 0.1) is 0 Å². The third-order valence-corrected chi connectivity index (χ3v) is 4.75. The van der Waals surface area contributed by atoms with E-state index >= 15 is 0 Å². The largest absolute Gasteiger partial charge is 0.497 e. The standard InChI is InChI=1S/C18H13ClN2O4S/c1-25-11-7-5-10(6-8-11)12-3-2-4-13(15(12)19)16(22)21-18-20-14(9-26-18)17(23)24/h2-9H,1H3,(H,23,24)(H,20,21,22). The molecule has 8 heteroatoms. The van der Waals surface area contributed by atoms with Crippen LogP contribution in [-0.2, 0) is 0 Å². The molecule has 2 N–H and O–H groups in total. The molecule has 26 heavy (non-hydrogen) atoms. The number of ether oxygens (including phenoxy) is 1. The second-order valence-corrected chi connectivity index (χ2v) is 6.43. The monoisotopic (exact) mass is 388 g/mol. The number of amides is 1. The summed E-state index contributed by atoms with van der Waals surface area (Å²) in [7, 11) is 1.58. The van der Waals surface area contributed by atoms with E-state index in [0.717, 1.165) is 22.6 Å². The number of halogens is 1. The van der Waals surface area contributed by atoms with Gasteiger partial charge in [0.05, 0.1) is 17.7 Å². The number of rotatable bonds is 5. The van der Waals surface area contributed by atoms with Crippen LogP contribution in [-0.4, -0.2) is 29.1 Å². The lowest BCUT2D eigenvalue weighted by Gasteiger charge is -2.10. The molecule has 0 saturated heterocycles. The van der Waals surface area contributed by atoms with Gasteiger partial charge in [0.1, 0.15) is 5.75 Å². The molecule has 132 valence electrons. The van der Waals surface area contributed by atoms with E-state index in [1.54, 1.807) is 31.4 Å². The highest BCUT2D eigenvalue weighted by Gasteiger charge is 2.17. The molecule has 0 saturated carbocycles. The highest BCUT2D eigenvalue weighted by molar-refractivity contribution is 7.14. The minimum absolute atomic E-state index is 0.122. The van der Waals surface area contributed by atoms with E-state index in [2.05, 4.69) is 10.3 Å². The van der Waals surface area contributed by atoms with Crippen molar-refractivity contribution in [1.82, 2.24) is 4.98 Å². The van der Waals surface area contributed by atoms with Crippen LogP contribution in [0.5, 0.6) is 5.75 Å². The zero-order chi connectivity index (χ0) is 18.7. The van der Waals surface area contributed by atoms with Crippen LogP contribution in [0.25, 0.3) is 11.1 Å². The molecule has 0 radical (unpaired) electrons. The van der Waals surface area contributed by atoms with Gasteiger partial charge >= 0.3 is 5.97 Å². The maximum atomic E-state index is 12.5. The van der Waals surface area contributed by atoms with E-state index in [1.165, 1.54) is 5.38 Å². The highest BCUT2D eigenvalue weighted by Crippen LogP contribution is 2.32. The lowest BCUT2D eigenvalue weighted by molar-refractivity contribution is 0.0691. The average molecular weight is 389 g/mol. The van der Waals surface area contributed by atoms with Gasteiger partial charge in [-0.3, -0.25) is 10.1 Å². The molecule has 0 fully saturated rings. The van der Waals surface area contributed by atoms with Gasteiger partial charge in [-0.05, 0) is 23.8 Å². The number of nitrogens with one attached hydrogen (secondary N) is 1. The van der Waals surface area contributed by atoms with Gasteiger partial charge in [-0.25, -0.2) is 9.78 Å². The maximum Gasteiger partial charge on any atom is 0.355 e. The zero-order valence-electron chi connectivity index (χ0n) is 13.5. The third kappa shape index (κ3) is 3.68. The number of anilines is 1. The fourth-order valence-corrected chi connectivity index (χ4v) is 3.30. The van der Waals surface area contributed by atoms with Crippen LogP contribution in [0.3, 0.4) is 0 Å². The molecule has 6 nitrogen and oxygen atoms in total. The summed E-state index contributed by atoms with van der Waals surface area (Å²) in [6.45, 7) is 0. The SMILES string of the molecule is COc1ccc(-c2cccc(C(=O)Nc3nc(C(=O)O)cs3)c2Cl)cc1. The number of thiazole rings is 1. The Morgan fingerprint density at radius 2 is 1.92 bits per heavy atom. The van der Waals surface area contributed by atoms with E-state index < -0.39 is 11.9 Å². The molecule has 0 aliphatic rings. The second kappa shape index (κ2) is 7.55. The Bertz CT molecular complexity index is 970. The van der Waals surface area contributed by atoms with Crippen molar-refractivity contribution < 1.29 is 19.4 Å². The van der Waals surface area contributed by atoms with E-state index in [1.807, 2.05) is 18.2 Å². The molecule has 0 unspecified atom stereocenters. The zero-order valence-corrected chi connectivity index (χ0v) is 15.1. The molecule has 3 rings (SSSR count). The Hall–Kier alpha value is -2.90. The van der Waals surface area contributed by atoms with Crippen LogP contribution < -0.4 is 10.1 Å². The van der Waals surface area contributed by atoms with E-state index in [9.17, 15) is 9.59 Å². The molecule has 2 aromatic carbocycles. The van der Waals surface area contributed by atoms with Crippen molar-refractivity contribution >= 4 is 39.9 Å². The minimum atomic E-state index is -1.15. The van der Waals surface area contributed by atoms with Crippen molar-refractivity contribution in [3.63, 3.8) is 0 Å². The number of aromatic carboxylic acids is 1. The second-order valence-electron chi connectivity index (χ2n) is 5.19. The molecule has 0 aliphatic heterocycles. The number of carboxylic acid groups (broad SMARTS) is 1. The van der Waals surface area contributed by atoms with Crippen molar-refractivity contribution in [2.24, 2.45) is 0 Å². The average Bonchev–Trinajstić information content (AvgIpc) is 3.11. The summed E-state index contributed by atoms with van der Waals surface area (Å²) in [5, 5.41) is 13.3. The first-order chi connectivity index (χ1) is 12.5. The first-order valence-electron chi connectivity index (χ1n) is 7.42. The Kier molecular flexibility index (Phi) is 5.20. The van der Waals surface area contributed by atoms with Crippen molar-refractivity contribution in [3.05, 3.63) is 64.1 Å². The number of hydrogen-bond acceptors (Lipinski definition) is 5. The van der Waals surface area contributed by atoms with Crippen LogP contribution in [0.4, 0.5) is 5.13 Å². The number of carbonyl (C=O) groups is 2. The number of carboxylic acids is 1. The topological polar surface area (TPSA) is 88.5 Å². The summed E-state index contributed by atoms with van der Waals surface area (Å²) in [6, 6.07) is 12.4. The van der Waals surface area contributed by atoms with Crippen LogP contribution >= 0.6 is 22.9 Å². The first-order valence-corrected chi connectivity index (χ1v) is 8.68. The predicted octanol–water partition coefficient (Wildman–Crippen LogP) is 4.42. The van der Waals surface area contributed by atoms with Gasteiger partial charge in [-0.15, -0.1) is 11.3 Å². The number of benzene rings is 2. The molecule has 1 heterocycles. The minimum Gasteiger partial charge on any atom is -0.497 e. The first kappa shape index (κ1) is 17.9. The number of methoxy groups -OCH3 is 1. The molecule has 1 aromatic heterocycles. The molecule has 1 amide bonds. The van der Waals surface area contributed by atoms with Crippen LogP contribution in [0.15, 0.2) is 47.8 Å². The predicted molar refractivity (Wildman–Crippen MR) is 100 cm³/mol. The van der Waals surface area contributed by atoms with Gasteiger partial charge in [-0.1, -0.05) is 35.9 Å². The number of nitrogens with zero attached hydrogens (tertiary/aromatic N) is 1. The molecular weight excluding hydrogens is 376 g/mol. The fraction of sp³-hybridized carbons (Fsp3) is 0.0556. The third-order valence-electron chi connectivity index (χ3n) is 3.59. The highest BCUT2D eigenvalue weighted by atomic mass is 35.5. The molecule has 0 atom stereocenters. The normalized spacial score (nSPS) is 10.4. The smallest absolute Gasteiger partial charge is 0.355 e. The molecule has 0 bridgehead atoms. The Morgan fingerprint density at radius 3 is 2.54 bits per heavy atom. The van der Waals surface area contributed by atoms with E-state index in [0.29, 0.717) is 10.6 Å². The summed E-state index contributed by atoms with van der Waals surface area (Å²) in [5.41, 5.74) is 1.69. The van der Waals surface area contributed by atoms with Crippen molar-refractivity contribution in [2.75, 3.05) is 12.4 Å². The Balaban J connectivity index is 1.87. The fourth-order valence-electron chi connectivity index (χ4n) is 2.29. The summed E-state index contributed by atoms with van der Waals surface area (Å²) in [4.78, 5) is 27.2. The maximum absolute atomic E-state index is 12.5. The Morgan fingerprint density at radius 1 is 1.19 bits per heavy atom. The lowest BCUT2D eigenvalue weighted by Crippen LogP contribution is -2.13. The van der Waals surface area contributed by atoms with Crippen molar-refractivity contribution in [3.8, 4) is 16.9 Å².